The Kier molecular flexibility index (Phi) is 4.47. The van der Waals surface area contributed by atoms with Gasteiger partial charge in [0.15, 0.2) is 15.5 Å². The van der Waals surface area contributed by atoms with Crippen molar-refractivity contribution in [3.05, 3.63) is 23.0 Å². The van der Waals surface area contributed by atoms with Crippen LogP contribution in [0.1, 0.15) is 28.7 Å². The van der Waals surface area contributed by atoms with Crippen LogP contribution in [0.5, 0.6) is 0 Å². The second kappa shape index (κ2) is 6.35. The Hall–Kier alpha value is -2.49. The quantitative estimate of drug-likeness (QED) is 0.749. The van der Waals surface area contributed by atoms with Crippen molar-refractivity contribution in [3.8, 4) is 0 Å². The van der Waals surface area contributed by atoms with Gasteiger partial charge < -0.3 is 10.6 Å². The average Bonchev–Trinajstić information content (AvgIpc) is 2.93. The van der Waals surface area contributed by atoms with E-state index in [0.29, 0.717) is 28.0 Å². The number of pyridine rings is 1. The van der Waals surface area contributed by atoms with Gasteiger partial charge in [-0.25, -0.2) is 13.4 Å². The Labute approximate surface area is 151 Å². The van der Waals surface area contributed by atoms with Gasteiger partial charge in [-0.1, -0.05) is 0 Å². The zero-order valence-electron chi connectivity index (χ0n) is 15.0. The Morgan fingerprint density at radius 2 is 1.81 bits per heavy atom. The molecule has 1 aliphatic rings. The lowest BCUT2D eigenvalue weighted by molar-refractivity contribution is -0.119. The monoisotopic (exact) mass is 379 g/mol. The molecule has 0 unspecified atom stereocenters. The highest BCUT2D eigenvalue weighted by Gasteiger charge is 2.39. The molecule has 10 heteroatoms. The first-order valence-electron chi connectivity index (χ1n) is 8.17. The van der Waals surface area contributed by atoms with E-state index in [4.69, 9.17) is 0 Å². The van der Waals surface area contributed by atoms with Crippen molar-refractivity contribution in [1.82, 2.24) is 25.4 Å². The third-order valence-electron chi connectivity index (χ3n) is 4.40. The van der Waals surface area contributed by atoms with Gasteiger partial charge >= 0.3 is 0 Å². The first-order valence-corrected chi connectivity index (χ1v) is 9.99. The van der Waals surface area contributed by atoms with Crippen molar-refractivity contribution in [2.24, 2.45) is 7.05 Å². The molecule has 0 bridgehead atoms. The summed E-state index contributed by atoms with van der Waals surface area (Å²) in [6, 6.07) is 0.329. The number of sulfone groups is 1. The van der Waals surface area contributed by atoms with Crippen LogP contribution in [0.4, 0.5) is 0 Å². The number of aryl methyl sites for hydroxylation is 3. The number of hydrogen-bond acceptors (Lipinski definition) is 6. The van der Waals surface area contributed by atoms with Crippen molar-refractivity contribution in [3.63, 3.8) is 0 Å². The fourth-order valence-electron chi connectivity index (χ4n) is 3.39. The molecule has 2 amide bonds. The molecule has 1 saturated heterocycles. The molecule has 0 spiro atoms. The number of amides is 2. The van der Waals surface area contributed by atoms with Crippen LogP contribution in [0, 0.1) is 13.8 Å². The second-order valence-electron chi connectivity index (χ2n) is 6.68. The molecule has 2 N–H and O–H groups in total. The maximum absolute atomic E-state index is 12.9. The molecule has 2 atom stereocenters. The molecular formula is C16H21N5O4S. The van der Waals surface area contributed by atoms with Crippen LogP contribution in [-0.4, -0.2) is 58.6 Å². The smallest absolute Gasteiger partial charge is 0.252 e. The van der Waals surface area contributed by atoms with Crippen LogP contribution < -0.4 is 10.6 Å². The summed E-state index contributed by atoms with van der Waals surface area (Å²) < 4.78 is 25.5. The minimum absolute atomic E-state index is 0.186. The second-order valence-corrected chi connectivity index (χ2v) is 8.84. The van der Waals surface area contributed by atoms with Crippen LogP contribution in [0.15, 0.2) is 6.07 Å². The lowest BCUT2D eigenvalue weighted by Gasteiger charge is -2.20. The topological polar surface area (TPSA) is 123 Å². The van der Waals surface area contributed by atoms with E-state index in [1.54, 1.807) is 31.6 Å². The van der Waals surface area contributed by atoms with E-state index >= 15 is 0 Å². The Morgan fingerprint density at radius 3 is 2.42 bits per heavy atom. The average molecular weight is 379 g/mol. The number of carbonyl (C=O) groups excluding carboxylic acids is 2. The van der Waals surface area contributed by atoms with E-state index in [0.717, 1.165) is 0 Å². The molecule has 26 heavy (non-hydrogen) atoms. The largest absolute Gasteiger partial charge is 0.350 e. The number of nitrogens with one attached hydrogen (secondary N) is 2. The molecule has 140 valence electrons. The number of nitrogens with zero attached hydrogens (tertiary/aromatic N) is 3. The van der Waals surface area contributed by atoms with Gasteiger partial charge in [0.1, 0.15) is 0 Å². The summed E-state index contributed by atoms with van der Waals surface area (Å²) in [5.41, 5.74) is 2.30. The predicted molar refractivity (Wildman–Crippen MR) is 95.5 cm³/mol. The molecule has 0 aliphatic carbocycles. The summed E-state index contributed by atoms with van der Waals surface area (Å²) in [5, 5.41) is 10.3. The molecule has 1 aliphatic heterocycles. The first-order chi connectivity index (χ1) is 12.1. The minimum Gasteiger partial charge on any atom is -0.350 e. The van der Waals surface area contributed by atoms with Gasteiger partial charge in [0.25, 0.3) is 5.91 Å². The molecule has 3 rings (SSSR count). The van der Waals surface area contributed by atoms with Crippen LogP contribution in [0.2, 0.25) is 0 Å². The molecule has 0 radical (unpaired) electrons. The first kappa shape index (κ1) is 18.3. The number of fused-ring (bicyclic) bond motifs is 1. The van der Waals surface area contributed by atoms with Crippen LogP contribution in [0.3, 0.4) is 0 Å². The van der Waals surface area contributed by atoms with Crippen molar-refractivity contribution in [2.75, 3.05) is 11.5 Å². The highest BCUT2D eigenvalue weighted by Crippen LogP contribution is 2.22. The molecule has 1 fully saturated rings. The summed E-state index contributed by atoms with van der Waals surface area (Å²) in [7, 11) is -1.58. The SMILES string of the molecule is CC(=O)N[C@@H]1CS(=O)(=O)C[C@H]1NC(=O)c1cc(C)nc2c1c(C)nn2C. The number of rotatable bonds is 3. The van der Waals surface area contributed by atoms with E-state index < -0.39 is 27.8 Å². The predicted octanol–water partition coefficient (Wildman–Crippen LogP) is -0.383. The van der Waals surface area contributed by atoms with Gasteiger partial charge in [0.05, 0.1) is 40.2 Å². The standard InChI is InChI=1S/C16H21N5O4S/c1-8-5-11(14-9(2)20-21(4)15(14)17-8)16(23)19-13-7-26(24,25)6-12(13)18-10(3)22/h5,12-13H,6-7H2,1-4H3,(H,18,22)(H,19,23)/t12-,13-/m1/s1. The van der Waals surface area contributed by atoms with Crippen LogP contribution in [0.25, 0.3) is 11.0 Å². The van der Waals surface area contributed by atoms with Crippen LogP contribution in [-0.2, 0) is 21.7 Å². The fraction of sp³-hybridized carbons (Fsp3) is 0.500. The van der Waals surface area contributed by atoms with Crippen molar-refractivity contribution in [2.45, 2.75) is 32.9 Å². The van der Waals surface area contributed by atoms with Gasteiger partial charge in [0.2, 0.25) is 5.91 Å². The molecule has 0 aromatic carbocycles. The zero-order chi connectivity index (χ0) is 19.2. The molecule has 9 nitrogen and oxygen atoms in total. The van der Waals surface area contributed by atoms with Crippen molar-refractivity contribution < 1.29 is 18.0 Å². The van der Waals surface area contributed by atoms with E-state index in [1.165, 1.54) is 6.92 Å². The molecule has 2 aromatic heterocycles. The molecule has 3 heterocycles. The van der Waals surface area contributed by atoms with E-state index in [9.17, 15) is 18.0 Å². The van der Waals surface area contributed by atoms with E-state index in [2.05, 4.69) is 20.7 Å². The van der Waals surface area contributed by atoms with Crippen molar-refractivity contribution >= 4 is 32.7 Å². The summed E-state index contributed by atoms with van der Waals surface area (Å²) in [6.07, 6.45) is 0. The van der Waals surface area contributed by atoms with Gasteiger partial charge in [-0.2, -0.15) is 5.10 Å². The highest BCUT2D eigenvalue weighted by atomic mass is 32.2. The van der Waals surface area contributed by atoms with Crippen molar-refractivity contribution in [1.29, 1.82) is 0 Å². The fourth-order valence-corrected chi connectivity index (χ4v) is 5.25. The molecule has 2 aromatic rings. The van der Waals surface area contributed by atoms with E-state index in [1.807, 2.05) is 0 Å². The molecular weight excluding hydrogens is 358 g/mol. The normalized spacial score (nSPS) is 21.7. The third kappa shape index (κ3) is 3.41. The van der Waals surface area contributed by atoms with E-state index in [-0.39, 0.29) is 17.4 Å². The Balaban J connectivity index is 1.95. The van der Waals surface area contributed by atoms with Gasteiger partial charge in [-0.15, -0.1) is 0 Å². The number of hydrogen-bond donors (Lipinski definition) is 2. The van der Waals surface area contributed by atoms with Gasteiger partial charge in [0, 0.05) is 19.7 Å². The number of aromatic nitrogens is 3. The number of carbonyl (C=O) groups is 2. The zero-order valence-corrected chi connectivity index (χ0v) is 15.8. The van der Waals surface area contributed by atoms with Crippen LogP contribution >= 0.6 is 0 Å². The lowest BCUT2D eigenvalue weighted by atomic mass is 10.1. The summed E-state index contributed by atoms with van der Waals surface area (Å²) in [4.78, 5) is 28.6. The van der Waals surface area contributed by atoms with Gasteiger partial charge in [-0.05, 0) is 19.9 Å². The molecule has 0 saturated carbocycles. The summed E-state index contributed by atoms with van der Waals surface area (Å²) in [6.45, 7) is 4.88. The maximum Gasteiger partial charge on any atom is 0.252 e. The minimum atomic E-state index is -3.33. The lowest BCUT2D eigenvalue weighted by Crippen LogP contribution is -2.50. The van der Waals surface area contributed by atoms with Gasteiger partial charge in [-0.3, -0.25) is 14.3 Å². The Morgan fingerprint density at radius 1 is 1.19 bits per heavy atom. The summed E-state index contributed by atoms with van der Waals surface area (Å²) >= 11 is 0. The third-order valence-corrected chi connectivity index (χ3v) is 6.13. The summed E-state index contributed by atoms with van der Waals surface area (Å²) in [5.74, 6) is -1.14. The maximum atomic E-state index is 12.9. The highest BCUT2D eigenvalue weighted by molar-refractivity contribution is 7.91. The Bertz CT molecular complexity index is 1010.